The van der Waals surface area contributed by atoms with Crippen molar-refractivity contribution in [3.63, 3.8) is 0 Å². The first kappa shape index (κ1) is 10.9. The van der Waals surface area contributed by atoms with Gasteiger partial charge in [-0.2, -0.15) is 0 Å². The number of para-hydroxylation sites is 1. The van der Waals surface area contributed by atoms with Gasteiger partial charge in [-0.25, -0.2) is 8.78 Å². The molecular weight excluding hydrogens is 188 g/mol. The topological polar surface area (TPSA) is 35.2 Å². The summed E-state index contributed by atoms with van der Waals surface area (Å²) in [7, 11) is 0. The van der Waals surface area contributed by atoms with E-state index in [-0.39, 0.29) is 18.4 Å². The zero-order chi connectivity index (χ0) is 10.6. The molecule has 0 spiro atoms. The summed E-state index contributed by atoms with van der Waals surface area (Å²) in [6.07, 6.45) is 0.269. The summed E-state index contributed by atoms with van der Waals surface area (Å²) in [5, 5.41) is 0. The standard InChI is InChI=1S/C10H13F2NO/c1-2-7(6-13)14-10-8(11)4-3-5-9(10)12/h3-5,7H,2,6,13H2,1H3. The van der Waals surface area contributed by atoms with Crippen molar-refractivity contribution in [2.24, 2.45) is 5.73 Å². The number of hydrogen-bond donors (Lipinski definition) is 1. The van der Waals surface area contributed by atoms with Crippen molar-refractivity contribution in [3.05, 3.63) is 29.8 Å². The maximum absolute atomic E-state index is 13.1. The van der Waals surface area contributed by atoms with Crippen molar-refractivity contribution in [2.45, 2.75) is 19.4 Å². The quantitative estimate of drug-likeness (QED) is 0.809. The molecule has 0 aromatic heterocycles. The molecule has 1 unspecified atom stereocenters. The molecule has 1 rings (SSSR count). The van der Waals surface area contributed by atoms with Crippen LogP contribution in [0.2, 0.25) is 0 Å². The Morgan fingerprint density at radius 1 is 1.36 bits per heavy atom. The van der Waals surface area contributed by atoms with E-state index in [0.717, 1.165) is 12.1 Å². The SMILES string of the molecule is CCC(CN)Oc1c(F)cccc1F. The van der Waals surface area contributed by atoms with Crippen molar-refractivity contribution in [3.8, 4) is 5.75 Å². The van der Waals surface area contributed by atoms with Crippen LogP contribution in [0.3, 0.4) is 0 Å². The third-order valence-corrected chi connectivity index (χ3v) is 1.92. The molecule has 0 saturated heterocycles. The minimum atomic E-state index is -0.697. The van der Waals surface area contributed by atoms with Crippen molar-refractivity contribution in [1.82, 2.24) is 0 Å². The van der Waals surface area contributed by atoms with E-state index in [4.69, 9.17) is 10.5 Å². The first-order valence-electron chi connectivity index (χ1n) is 4.49. The summed E-state index contributed by atoms with van der Waals surface area (Å²) in [6, 6.07) is 3.60. The number of rotatable bonds is 4. The molecule has 0 radical (unpaired) electrons. The Morgan fingerprint density at radius 3 is 2.36 bits per heavy atom. The van der Waals surface area contributed by atoms with E-state index in [2.05, 4.69) is 0 Å². The van der Waals surface area contributed by atoms with Crippen molar-refractivity contribution in [2.75, 3.05) is 6.54 Å². The molecule has 4 heteroatoms. The van der Waals surface area contributed by atoms with Crippen LogP contribution in [0.5, 0.6) is 5.75 Å². The molecule has 78 valence electrons. The second-order valence-corrected chi connectivity index (χ2v) is 2.93. The van der Waals surface area contributed by atoms with Crippen LogP contribution in [0, 0.1) is 11.6 Å². The third-order valence-electron chi connectivity index (χ3n) is 1.92. The van der Waals surface area contributed by atoms with Gasteiger partial charge in [0.2, 0.25) is 0 Å². The van der Waals surface area contributed by atoms with E-state index in [1.807, 2.05) is 6.92 Å². The number of benzene rings is 1. The predicted octanol–water partition coefficient (Wildman–Crippen LogP) is 2.08. The van der Waals surface area contributed by atoms with Gasteiger partial charge in [0, 0.05) is 6.54 Å². The molecule has 1 atom stereocenters. The van der Waals surface area contributed by atoms with E-state index >= 15 is 0 Å². The van der Waals surface area contributed by atoms with Gasteiger partial charge in [-0.1, -0.05) is 13.0 Å². The smallest absolute Gasteiger partial charge is 0.191 e. The molecule has 0 bridgehead atoms. The highest BCUT2D eigenvalue weighted by molar-refractivity contribution is 5.26. The van der Waals surface area contributed by atoms with E-state index in [1.54, 1.807) is 0 Å². The van der Waals surface area contributed by atoms with Crippen LogP contribution in [0.25, 0.3) is 0 Å². The number of halogens is 2. The zero-order valence-corrected chi connectivity index (χ0v) is 7.97. The lowest BCUT2D eigenvalue weighted by molar-refractivity contribution is 0.187. The maximum Gasteiger partial charge on any atom is 0.191 e. The van der Waals surface area contributed by atoms with Crippen molar-refractivity contribution in [1.29, 1.82) is 0 Å². The lowest BCUT2D eigenvalue weighted by atomic mass is 10.2. The van der Waals surface area contributed by atoms with Gasteiger partial charge in [0.05, 0.1) is 0 Å². The summed E-state index contributed by atoms with van der Waals surface area (Å²) in [5.41, 5.74) is 5.36. The molecule has 0 fully saturated rings. The minimum absolute atomic E-state index is 0.240. The molecule has 0 aliphatic heterocycles. The minimum Gasteiger partial charge on any atom is -0.483 e. The fraction of sp³-hybridized carbons (Fsp3) is 0.400. The fourth-order valence-electron chi connectivity index (χ4n) is 1.06. The van der Waals surface area contributed by atoms with Crippen LogP contribution in [0.1, 0.15) is 13.3 Å². The molecule has 2 N–H and O–H groups in total. The summed E-state index contributed by atoms with van der Waals surface area (Å²) >= 11 is 0. The van der Waals surface area contributed by atoms with Gasteiger partial charge in [0.15, 0.2) is 17.4 Å². The number of nitrogens with two attached hydrogens (primary N) is 1. The number of ether oxygens (including phenoxy) is 1. The lowest BCUT2D eigenvalue weighted by Gasteiger charge is -2.16. The van der Waals surface area contributed by atoms with Gasteiger partial charge < -0.3 is 10.5 Å². The lowest BCUT2D eigenvalue weighted by Crippen LogP contribution is -2.26. The van der Waals surface area contributed by atoms with Gasteiger partial charge in [-0.05, 0) is 18.6 Å². The van der Waals surface area contributed by atoms with Crippen LogP contribution >= 0.6 is 0 Å². The van der Waals surface area contributed by atoms with Crippen molar-refractivity contribution >= 4 is 0 Å². The van der Waals surface area contributed by atoms with Crippen LogP contribution < -0.4 is 10.5 Å². The Hall–Kier alpha value is -1.16. The Balaban J connectivity index is 2.84. The van der Waals surface area contributed by atoms with E-state index in [0.29, 0.717) is 6.42 Å². The van der Waals surface area contributed by atoms with Crippen LogP contribution in [0.15, 0.2) is 18.2 Å². The normalized spacial score (nSPS) is 12.6. The molecule has 0 aliphatic rings. The Bertz CT molecular complexity index is 280. The van der Waals surface area contributed by atoms with Gasteiger partial charge >= 0.3 is 0 Å². The molecular formula is C10H13F2NO. The van der Waals surface area contributed by atoms with Crippen LogP contribution in [0.4, 0.5) is 8.78 Å². The highest BCUT2D eigenvalue weighted by Crippen LogP contribution is 2.22. The fourth-order valence-corrected chi connectivity index (χ4v) is 1.06. The Morgan fingerprint density at radius 2 is 1.93 bits per heavy atom. The molecule has 1 aromatic rings. The second kappa shape index (κ2) is 4.91. The highest BCUT2D eigenvalue weighted by Gasteiger charge is 2.13. The molecule has 0 saturated carbocycles. The second-order valence-electron chi connectivity index (χ2n) is 2.93. The first-order chi connectivity index (χ1) is 6.69. The average Bonchev–Trinajstić information content (AvgIpc) is 2.18. The monoisotopic (exact) mass is 201 g/mol. The van der Waals surface area contributed by atoms with Gasteiger partial charge in [0.1, 0.15) is 6.10 Å². The van der Waals surface area contributed by atoms with E-state index in [9.17, 15) is 8.78 Å². The maximum atomic E-state index is 13.1. The Labute approximate surface area is 81.7 Å². The Kier molecular flexibility index (Phi) is 3.83. The van der Waals surface area contributed by atoms with Gasteiger partial charge in [0.25, 0.3) is 0 Å². The van der Waals surface area contributed by atoms with Crippen LogP contribution in [-0.4, -0.2) is 12.6 Å². The average molecular weight is 201 g/mol. The third kappa shape index (κ3) is 2.42. The highest BCUT2D eigenvalue weighted by atomic mass is 19.1. The van der Waals surface area contributed by atoms with E-state index < -0.39 is 11.6 Å². The van der Waals surface area contributed by atoms with Gasteiger partial charge in [-0.3, -0.25) is 0 Å². The van der Waals surface area contributed by atoms with Crippen LogP contribution in [-0.2, 0) is 0 Å². The van der Waals surface area contributed by atoms with E-state index in [1.165, 1.54) is 6.07 Å². The summed E-state index contributed by atoms with van der Waals surface area (Å²) < 4.78 is 31.3. The molecule has 0 amide bonds. The summed E-state index contributed by atoms with van der Waals surface area (Å²) in [5.74, 6) is -1.74. The molecule has 14 heavy (non-hydrogen) atoms. The largest absolute Gasteiger partial charge is 0.483 e. The zero-order valence-electron chi connectivity index (χ0n) is 7.97. The molecule has 2 nitrogen and oxygen atoms in total. The summed E-state index contributed by atoms with van der Waals surface area (Å²) in [6.45, 7) is 2.08. The number of hydrogen-bond acceptors (Lipinski definition) is 2. The van der Waals surface area contributed by atoms with Gasteiger partial charge in [-0.15, -0.1) is 0 Å². The first-order valence-corrected chi connectivity index (χ1v) is 4.49. The summed E-state index contributed by atoms with van der Waals surface area (Å²) in [4.78, 5) is 0. The molecule has 1 aromatic carbocycles. The predicted molar refractivity (Wildman–Crippen MR) is 50.1 cm³/mol. The van der Waals surface area contributed by atoms with Crippen molar-refractivity contribution < 1.29 is 13.5 Å². The molecule has 0 heterocycles. The molecule has 0 aliphatic carbocycles.